The van der Waals surface area contributed by atoms with Crippen molar-refractivity contribution in [3.8, 4) is 5.75 Å². The molecule has 0 radical (unpaired) electrons. The molecule has 0 bridgehead atoms. The van der Waals surface area contributed by atoms with Gasteiger partial charge in [0.1, 0.15) is 11.6 Å². The van der Waals surface area contributed by atoms with Crippen LogP contribution in [0.25, 0.3) is 6.08 Å². The maximum atomic E-state index is 12.8. The molecule has 2 rings (SSSR count). The third-order valence-electron chi connectivity index (χ3n) is 3.16. The third kappa shape index (κ3) is 5.94. The van der Waals surface area contributed by atoms with E-state index in [1.807, 2.05) is 24.3 Å². The lowest BCUT2D eigenvalue weighted by atomic mass is 10.2. The Kier molecular flexibility index (Phi) is 6.36. The van der Waals surface area contributed by atoms with Crippen molar-refractivity contribution in [2.45, 2.75) is 19.9 Å². The van der Waals surface area contributed by atoms with Gasteiger partial charge in [0.05, 0.1) is 6.61 Å². The van der Waals surface area contributed by atoms with E-state index < -0.39 is 0 Å². The molecular formula is C19H20FNO2. The maximum absolute atomic E-state index is 12.8. The standard InChI is InChI=1S/C19H20FNO2/c1-2-13-23-18-10-5-15(6-11-18)7-12-19(22)21-14-16-3-8-17(20)9-4-16/h3-12H,2,13-14H2,1H3,(H,21,22)/b12-7-. The van der Waals surface area contributed by atoms with E-state index in [2.05, 4.69) is 12.2 Å². The molecule has 1 amide bonds. The Bertz CT molecular complexity index is 648. The van der Waals surface area contributed by atoms with Crippen LogP contribution >= 0.6 is 0 Å². The summed E-state index contributed by atoms with van der Waals surface area (Å²) in [6.07, 6.45) is 4.19. The van der Waals surface area contributed by atoms with Gasteiger partial charge in [0.25, 0.3) is 0 Å². The molecule has 2 aromatic carbocycles. The first-order valence-electron chi connectivity index (χ1n) is 7.60. The predicted octanol–water partition coefficient (Wildman–Crippen LogP) is 3.94. The second kappa shape index (κ2) is 8.73. The Morgan fingerprint density at radius 2 is 1.83 bits per heavy atom. The van der Waals surface area contributed by atoms with Crippen molar-refractivity contribution >= 4 is 12.0 Å². The van der Waals surface area contributed by atoms with Gasteiger partial charge in [-0.2, -0.15) is 0 Å². The molecule has 23 heavy (non-hydrogen) atoms. The Morgan fingerprint density at radius 1 is 1.13 bits per heavy atom. The molecule has 0 spiro atoms. The monoisotopic (exact) mass is 313 g/mol. The van der Waals surface area contributed by atoms with Gasteiger partial charge in [0, 0.05) is 12.6 Å². The topological polar surface area (TPSA) is 38.3 Å². The zero-order chi connectivity index (χ0) is 16.5. The van der Waals surface area contributed by atoms with Crippen LogP contribution < -0.4 is 10.1 Å². The summed E-state index contributed by atoms with van der Waals surface area (Å²) in [5, 5.41) is 2.76. The van der Waals surface area contributed by atoms with Crippen LogP contribution in [0.2, 0.25) is 0 Å². The highest BCUT2D eigenvalue weighted by Crippen LogP contribution is 2.13. The highest BCUT2D eigenvalue weighted by molar-refractivity contribution is 5.91. The number of benzene rings is 2. The second-order valence-corrected chi connectivity index (χ2v) is 5.10. The molecule has 0 fully saturated rings. The number of hydrogen-bond acceptors (Lipinski definition) is 2. The fourth-order valence-electron chi connectivity index (χ4n) is 1.92. The van der Waals surface area contributed by atoms with Crippen molar-refractivity contribution in [1.82, 2.24) is 5.32 Å². The fraction of sp³-hybridized carbons (Fsp3) is 0.211. The fourth-order valence-corrected chi connectivity index (χ4v) is 1.92. The zero-order valence-electron chi connectivity index (χ0n) is 13.1. The number of carbonyl (C=O) groups is 1. The summed E-state index contributed by atoms with van der Waals surface area (Å²) in [6.45, 7) is 3.12. The van der Waals surface area contributed by atoms with Gasteiger partial charge in [-0.3, -0.25) is 4.79 Å². The Morgan fingerprint density at radius 3 is 2.48 bits per heavy atom. The van der Waals surface area contributed by atoms with Crippen molar-refractivity contribution in [3.05, 3.63) is 71.6 Å². The average molecular weight is 313 g/mol. The quantitative estimate of drug-likeness (QED) is 0.786. The van der Waals surface area contributed by atoms with E-state index in [9.17, 15) is 9.18 Å². The van der Waals surface area contributed by atoms with Crippen LogP contribution in [0.4, 0.5) is 4.39 Å². The molecule has 4 heteroatoms. The van der Waals surface area contributed by atoms with Crippen LogP contribution in [0.3, 0.4) is 0 Å². The van der Waals surface area contributed by atoms with E-state index >= 15 is 0 Å². The van der Waals surface area contributed by atoms with E-state index in [0.717, 1.165) is 23.3 Å². The van der Waals surface area contributed by atoms with E-state index in [-0.39, 0.29) is 11.7 Å². The molecule has 0 atom stereocenters. The Balaban J connectivity index is 1.82. The number of nitrogens with one attached hydrogen (secondary N) is 1. The minimum atomic E-state index is -0.286. The first kappa shape index (κ1) is 16.7. The van der Waals surface area contributed by atoms with Crippen LogP contribution in [0.5, 0.6) is 5.75 Å². The maximum Gasteiger partial charge on any atom is 0.244 e. The van der Waals surface area contributed by atoms with E-state index in [1.54, 1.807) is 18.2 Å². The number of carbonyl (C=O) groups excluding carboxylic acids is 1. The van der Waals surface area contributed by atoms with Gasteiger partial charge in [-0.25, -0.2) is 4.39 Å². The Hall–Kier alpha value is -2.62. The lowest BCUT2D eigenvalue weighted by Crippen LogP contribution is -2.20. The van der Waals surface area contributed by atoms with Crippen molar-refractivity contribution in [2.24, 2.45) is 0 Å². The summed E-state index contributed by atoms with van der Waals surface area (Å²) in [5.41, 5.74) is 1.77. The van der Waals surface area contributed by atoms with Crippen LogP contribution in [-0.2, 0) is 11.3 Å². The lowest BCUT2D eigenvalue weighted by molar-refractivity contribution is -0.116. The van der Waals surface area contributed by atoms with Crippen LogP contribution in [0.15, 0.2) is 54.6 Å². The van der Waals surface area contributed by atoms with Crippen LogP contribution in [0, 0.1) is 5.82 Å². The molecule has 2 aromatic rings. The Labute approximate surface area is 135 Å². The third-order valence-corrected chi connectivity index (χ3v) is 3.16. The summed E-state index contributed by atoms with van der Waals surface area (Å²) in [5.74, 6) is 0.344. The molecule has 0 aromatic heterocycles. The molecule has 0 saturated carbocycles. The molecule has 1 N–H and O–H groups in total. The van der Waals surface area contributed by atoms with Crippen molar-refractivity contribution in [2.75, 3.05) is 6.61 Å². The van der Waals surface area contributed by atoms with Gasteiger partial charge < -0.3 is 10.1 Å². The summed E-state index contributed by atoms with van der Waals surface area (Å²) >= 11 is 0. The molecule has 0 unspecified atom stereocenters. The predicted molar refractivity (Wildman–Crippen MR) is 89.5 cm³/mol. The van der Waals surface area contributed by atoms with E-state index in [0.29, 0.717) is 13.2 Å². The summed E-state index contributed by atoms with van der Waals surface area (Å²) in [7, 11) is 0. The van der Waals surface area contributed by atoms with Crippen molar-refractivity contribution in [3.63, 3.8) is 0 Å². The summed E-state index contributed by atoms with van der Waals surface area (Å²) in [4.78, 5) is 11.8. The zero-order valence-corrected chi connectivity index (χ0v) is 13.1. The minimum Gasteiger partial charge on any atom is -0.494 e. The van der Waals surface area contributed by atoms with Gasteiger partial charge in [-0.15, -0.1) is 0 Å². The normalized spacial score (nSPS) is 10.7. The molecular weight excluding hydrogens is 293 g/mol. The highest BCUT2D eigenvalue weighted by Gasteiger charge is 1.98. The van der Waals surface area contributed by atoms with Crippen LogP contribution in [0.1, 0.15) is 24.5 Å². The summed E-state index contributed by atoms with van der Waals surface area (Å²) in [6, 6.07) is 13.6. The van der Waals surface area contributed by atoms with Crippen LogP contribution in [-0.4, -0.2) is 12.5 Å². The smallest absolute Gasteiger partial charge is 0.244 e. The average Bonchev–Trinajstić information content (AvgIpc) is 2.58. The second-order valence-electron chi connectivity index (χ2n) is 5.10. The number of amides is 1. The largest absolute Gasteiger partial charge is 0.494 e. The van der Waals surface area contributed by atoms with Crippen molar-refractivity contribution < 1.29 is 13.9 Å². The molecule has 120 valence electrons. The van der Waals surface area contributed by atoms with E-state index in [1.165, 1.54) is 18.2 Å². The first-order valence-corrected chi connectivity index (χ1v) is 7.60. The number of hydrogen-bond donors (Lipinski definition) is 1. The highest BCUT2D eigenvalue weighted by atomic mass is 19.1. The van der Waals surface area contributed by atoms with Gasteiger partial charge in [0.2, 0.25) is 5.91 Å². The van der Waals surface area contributed by atoms with Gasteiger partial charge in [-0.05, 0) is 47.9 Å². The van der Waals surface area contributed by atoms with Gasteiger partial charge >= 0.3 is 0 Å². The summed E-state index contributed by atoms with van der Waals surface area (Å²) < 4.78 is 18.3. The minimum absolute atomic E-state index is 0.194. The lowest BCUT2D eigenvalue weighted by Gasteiger charge is -2.04. The SMILES string of the molecule is CCCOc1ccc(/C=C\C(=O)NCc2ccc(F)cc2)cc1. The number of ether oxygens (including phenoxy) is 1. The molecule has 3 nitrogen and oxygen atoms in total. The number of halogens is 1. The molecule has 0 aliphatic rings. The molecule has 0 heterocycles. The molecule has 0 aliphatic carbocycles. The number of rotatable bonds is 7. The molecule has 0 aliphatic heterocycles. The van der Waals surface area contributed by atoms with Gasteiger partial charge in [-0.1, -0.05) is 31.2 Å². The van der Waals surface area contributed by atoms with Gasteiger partial charge in [0.15, 0.2) is 0 Å². The van der Waals surface area contributed by atoms with E-state index in [4.69, 9.17) is 4.74 Å². The first-order chi connectivity index (χ1) is 11.2. The molecule has 0 saturated heterocycles. The van der Waals surface area contributed by atoms with Crippen molar-refractivity contribution in [1.29, 1.82) is 0 Å².